The fourth-order valence-corrected chi connectivity index (χ4v) is 7.23. The van der Waals surface area contributed by atoms with E-state index >= 15 is 0 Å². The van der Waals surface area contributed by atoms with Gasteiger partial charge in [-0.1, -0.05) is 17.7 Å². The quantitative estimate of drug-likeness (QED) is 0.134. The lowest BCUT2D eigenvalue weighted by Gasteiger charge is -2.28. The van der Waals surface area contributed by atoms with Crippen molar-refractivity contribution in [1.29, 1.82) is 0 Å². The number of carbonyl (C=O) groups excluding carboxylic acids is 1. The van der Waals surface area contributed by atoms with Crippen LogP contribution in [0, 0.1) is 11.3 Å². The third kappa shape index (κ3) is 8.55. The Balaban J connectivity index is 1.11. The molecule has 3 aromatic heterocycles. The number of hydrogen-bond donors (Lipinski definition) is 3. The molecule has 0 unspecified atom stereocenters. The van der Waals surface area contributed by atoms with Crippen LogP contribution in [0.15, 0.2) is 47.6 Å². The van der Waals surface area contributed by atoms with Gasteiger partial charge in [-0.25, -0.2) is 24.2 Å². The summed E-state index contributed by atoms with van der Waals surface area (Å²) in [5, 5.41) is 16.0. The highest BCUT2D eigenvalue weighted by Crippen LogP contribution is 2.60. The summed E-state index contributed by atoms with van der Waals surface area (Å²) >= 11 is 6.24. The number of nitrogens with zero attached hydrogens (tertiary/aromatic N) is 5. The lowest BCUT2D eigenvalue weighted by molar-refractivity contribution is -0.189. The van der Waals surface area contributed by atoms with Crippen molar-refractivity contribution < 1.29 is 41.0 Å². The summed E-state index contributed by atoms with van der Waals surface area (Å²) in [6, 6.07) is 8.47. The maximum Gasteiger partial charge on any atom is 0.407 e. The average molecular weight is 728 g/mol. The highest BCUT2D eigenvalue weighted by molar-refractivity contribution is 7.90. The largest absolute Gasteiger partial charge is 0.477 e. The second-order valence-corrected chi connectivity index (χ2v) is 15.0. The van der Waals surface area contributed by atoms with Gasteiger partial charge in [-0.3, -0.25) is 4.79 Å². The zero-order valence-corrected chi connectivity index (χ0v) is 28.4. The van der Waals surface area contributed by atoms with Crippen LogP contribution in [0.5, 0.6) is 5.88 Å². The Hall–Kier alpha value is -4.12. The van der Waals surface area contributed by atoms with E-state index in [1.807, 2.05) is 18.6 Å². The number of hydrogen-bond acceptors (Lipinski definition) is 9. The van der Waals surface area contributed by atoms with Crippen LogP contribution in [0.4, 0.5) is 23.8 Å². The maximum absolute atomic E-state index is 13.1. The van der Waals surface area contributed by atoms with Crippen molar-refractivity contribution in [3.8, 4) is 11.7 Å². The number of pyridine rings is 2. The molecule has 18 heteroatoms. The Morgan fingerprint density at radius 2 is 1.88 bits per heavy atom. The van der Waals surface area contributed by atoms with Crippen molar-refractivity contribution in [2.75, 3.05) is 25.0 Å². The van der Waals surface area contributed by atoms with E-state index in [4.69, 9.17) is 16.3 Å². The number of carboxylic acid groups (broad SMARTS) is 1. The van der Waals surface area contributed by atoms with Gasteiger partial charge in [-0.2, -0.15) is 21.6 Å². The average Bonchev–Trinajstić information content (AvgIpc) is 3.57. The van der Waals surface area contributed by atoms with E-state index in [1.165, 1.54) is 46.1 Å². The second kappa shape index (κ2) is 14.0. The topological polar surface area (TPSA) is 169 Å². The Bertz CT molecular complexity index is 1800. The fraction of sp³-hybridized carbons (Fsp3) is 0.516. The number of alkyl halides is 3. The van der Waals surface area contributed by atoms with Gasteiger partial charge >= 0.3 is 12.3 Å². The number of ether oxygens (including phenoxy) is 1. The Morgan fingerprint density at radius 3 is 2.53 bits per heavy atom. The first kappa shape index (κ1) is 36.2. The van der Waals surface area contributed by atoms with Crippen molar-refractivity contribution in [2.45, 2.75) is 75.5 Å². The number of carbonyl (C=O) groups is 2. The predicted molar refractivity (Wildman–Crippen MR) is 172 cm³/mol. The van der Waals surface area contributed by atoms with Crippen LogP contribution >= 0.6 is 11.6 Å². The smallest absolute Gasteiger partial charge is 0.407 e. The molecule has 1 saturated carbocycles. The molecule has 0 aromatic carbocycles. The third-order valence-corrected chi connectivity index (χ3v) is 10.4. The summed E-state index contributed by atoms with van der Waals surface area (Å²) < 4.78 is 74.1. The Labute approximate surface area is 286 Å². The van der Waals surface area contributed by atoms with Crippen molar-refractivity contribution in [1.82, 2.24) is 29.4 Å². The van der Waals surface area contributed by atoms with Crippen LogP contribution in [0.3, 0.4) is 0 Å². The van der Waals surface area contributed by atoms with Crippen molar-refractivity contribution in [3.05, 3.63) is 53.3 Å². The van der Waals surface area contributed by atoms with Gasteiger partial charge in [0.05, 0.1) is 17.6 Å². The number of anilines is 1. The molecule has 0 spiro atoms. The van der Waals surface area contributed by atoms with Gasteiger partial charge in [-0.15, -0.1) is 5.10 Å². The van der Waals surface area contributed by atoms with E-state index in [0.29, 0.717) is 19.5 Å². The summed E-state index contributed by atoms with van der Waals surface area (Å²) in [7, 11) is -4.40. The minimum atomic E-state index is -4.40. The van der Waals surface area contributed by atoms with Crippen LogP contribution in [0.25, 0.3) is 5.82 Å². The number of halogens is 4. The summed E-state index contributed by atoms with van der Waals surface area (Å²) in [6.07, 6.45) is -0.919. The van der Waals surface area contributed by atoms with Gasteiger partial charge in [-0.05, 0) is 89.0 Å². The molecule has 0 radical (unpaired) electrons. The predicted octanol–water partition coefficient (Wildman–Crippen LogP) is 5.91. The first-order chi connectivity index (χ1) is 23.0. The van der Waals surface area contributed by atoms with E-state index in [-0.39, 0.29) is 66.4 Å². The van der Waals surface area contributed by atoms with Crippen LogP contribution in [-0.4, -0.2) is 81.6 Å². The molecule has 2 fully saturated rings. The molecular weight excluding hydrogens is 691 g/mol. The summed E-state index contributed by atoms with van der Waals surface area (Å²) in [6.45, 7) is 4.81. The highest BCUT2D eigenvalue weighted by atomic mass is 35.5. The normalized spacial score (nSPS) is 18.2. The monoisotopic (exact) mass is 727 g/mol. The molecule has 5 rings (SSSR count). The first-order valence-corrected chi connectivity index (χ1v) is 17.6. The van der Waals surface area contributed by atoms with E-state index in [2.05, 4.69) is 20.4 Å². The number of rotatable bonds is 14. The molecule has 1 saturated heterocycles. The molecule has 266 valence electrons. The first-order valence-electron chi connectivity index (χ1n) is 15.7. The number of amides is 2. The lowest BCUT2D eigenvalue weighted by atomic mass is 9.93. The Kier molecular flexibility index (Phi) is 10.3. The Morgan fingerprint density at radius 1 is 1.12 bits per heavy atom. The van der Waals surface area contributed by atoms with Crippen molar-refractivity contribution in [2.24, 2.45) is 11.3 Å². The van der Waals surface area contributed by atoms with Gasteiger partial charge < -0.3 is 20.1 Å². The molecule has 1 atom stereocenters. The van der Waals surface area contributed by atoms with Crippen LogP contribution < -0.4 is 14.8 Å². The number of likely N-dealkylation sites (tertiary alicyclic amines) is 1. The molecule has 4 heterocycles. The number of aromatic nitrogens is 4. The van der Waals surface area contributed by atoms with Crippen LogP contribution in [0.2, 0.25) is 5.15 Å². The molecule has 0 bridgehead atoms. The van der Waals surface area contributed by atoms with Gasteiger partial charge in [0.1, 0.15) is 11.0 Å². The zero-order valence-electron chi connectivity index (χ0n) is 26.8. The molecule has 1 aliphatic carbocycles. The van der Waals surface area contributed by atoms with Crippen molar-refractivity contribution >= 4 is 39.4 Å². The third-order valence-electron chi connectivity index (χ3n) is 8.89. The van der Waals surface area contributed by atoms with Crippen LogP contribution in [-0.2, 0) is 10.0 Å². The number of nitrogens with one attached hydrogen (secondary N) is 2. The number of sulfonamides is 1. The maximum atomic E-state index is 13.1. The van der Waals surface area contributed by atoms with E-state index in [0.717, 1.165) is 12.8 Å². The lowest BCUT2D eigenvalue weighted by Crippen LogP contribution is -2.41. The zero-order chi connectivity index (χ0) is 35.6. The molecule has 2 amide bonds. The molecular formula is C31H37ClF3N7O6S. The molecule has 49 heavy (non-hydrogen) atoms. The van der Waals surface area contributed by atoms with Crippen molar-refractivity contribution in [3.63, 3.8) is 0 Å². The van der Waals surface area contributed by atoms with Gasteiger partial charge in [0.15, 0.2) is 10.8 Å². The molecule has 1 aliphatic heterocycles. The minimum absolute atomic E-state index is 0.0108. The molecule has 13 nitrogen and oxygen atoms in total. The molecule has 3 aromatic rings. The highest BCUT2D eigenvalue weighted by Gasteiger charge is 2.62. The minimum Gasteiger partial charge on any atom is -0.477 e. The van der Waals surface area contributed by atoms with E-state index in [1.54, 1.807) is 6.07 Å². The fourth-order valence-electron chi connectivity index (χ4n) is 6.06. The molecule has 2 aliphatic rings. The SMILES string of the molecule is CC1(C)C[C@H](CCCNc2cccc(S(=O)(=O)NC(=O)c3ccc(-n4ccc(OCCCC5(C(F)(F)F)CC5)n4)nc3Cl)n2)CN1C(=O)O. The summed E-state index contributed by atoms with van der Waals surface area (Å²) in [4.78, 5) is 34.1. The van der Waals surface area contributed by atoms with Gasteiger partial charge in [0, 0.05) is 30.9 Å². The van der Waals surface area contributed by atoms with E-state index in [9.17, 15) is 36.3 Å². The van der Waals surface area contributed by atoms with Gasteiger partial charge in [0.2, 0.25) is 5.88 Å². The second-order valence-electron chi connectivity index (χ2n) is 13.0. The van der Waals surface area contributed by atoms with Crippen LogP contribution in [0.1, 0.15) is 69.2 Å². The molecule has 3 N–H and O–H groups in total. The van der Waals surface area contributed by atoms with E-state index < -0.39 is 44.2 Å². The van der Waals surface area contributed by atoms with Gasteiger partial charge in [0.25, 0.3) is 15.9 Å². The standard InChI is InChI=1S/C31H37ClF3N7O6S/c1-29(2)18-20(19-41(29)28(44)45)6-4-15-36-22-7-3-8-25(37-22)49(46,47)40-27(43)21-9-10-23(38-26(21)32)42-16-11-24(39-42)48-17-5-12-30(13-14-30)31(33,34)35/h3,7-11,16,20H,4-6,12-15,17-19H2,1-2H3,(H,36,37)(H,40,43)(H,44,45)/t20-/m0/s1. The summed E-state index contributed by atoms with van der Waals surface area (Å²) in [5.41, 5.74) is -2.23. The summed E-state index contributed by atoms with van der Waals surface area (Å²) in [5.74, 6) is -0.178.